The Bertz CT molecular complexity index is 229. The number of rotatable bonds is 6. The highest BCUT2D eigenvalue weighted by molar-refractivity contribution is 9.10. The summed E-state index contributed by atoms with van der Waals surface area (Å²) < 4.78 is 5.22. The van der Waals surface area contributed by atoms with Crippen LogP contribution in [0, 0.1) is 11.3 Å². The minimum absolute atomic E-state index is 0.0669. The third kappa shape index (κ3) is 4.86. The maximum atomic E-state index is 11.9. The first-order valence-electron chi connectivity index (χ1n) is 6.01. The zero-order valence-electron chi connectivity index (χ0n) is 11.4. The Labute approximate surface area is 108 Å². The van der Waals surface area contributed by atoms with Crippen molar-refractivity contribution in [1.29, 1.82) is 0 Å². The van der Waals surface area contributed by atoms with Crippen LogP contribution in [0.25, 0.3) is 0 Å². The minimum Gasteiger partial charge on any atom is -0.466 e. The number of halogens is 1. The van der Waals surface area contributed by atoms with Gasteiger partial charge in [-0.3, -0.25) is 4.79 Å². The second kappa shape index (κ2) is 6.04. The van der Waals surface area contributed by atoms with Gasteiger partial charge in [0.1, 0.15) is 0 Å². The predicted octanol–water partition coefficient (Wildman–Crippen LogP) is 4.17. The molecule has 0 aromatic rings. The lowest BCUT2D eigenvalue weighted by Crippen LogP contribution is -2.37. The summed E-state index contributed by atoms with van der Waals surface area (Å²) in [6, 6.07) is 0. The summed E-state index contributed by atoms with van der Waals surface area (Å²) in [5.74, 6) is 0.250. The smallest absolute Gasteiger partial charge is 0.311 e. The second-order valence-electron chi connectivity index (χ2n) is 5.47. The van der Waals surface area contributed by atoms with Crippen molar-refractivity contribution in [3.05, 3.63) is 0 Å². The van der Waals surface area contributed by atoms with Crippen LogP contribution in [0.4, 0.5) is 0 Å². The lowest BCUT2D eigenvalue weighted by molar-refractivity contribution is -0.157. The summed E-state index contributed by atoms with van der Waals surface area (Å²) in [4.78, 5) is 11.9. The van der Waals surface area contributed by atoms with Crippen LogP contribution in [0.1, 0.15) is 54.4 Å². The third-order valence-corrected chi connectivity index (χ3v) is 3.37. The Morgan fingerprint density at radius 3 is 2.06 bits per heavy atom. The number of carbonyl (C=O) groups is 1. The van der Waals surface area contributed by atoms with Gasteiger partial charge in [0.05, 0.1) is 12.0 Å². The van der Waals surface area contributed by atoms with Crippen molar-refractivity contribution in [2.75, 3.05) is 6.61 Å². The molecule has 0 aliphatic rings. The first-order valence-corrected chi connectivity index (χ1v) is 6.80. The third-order valence-electron chi connectivity index (χ3n) is 3.05. The fourth-order valence-electron chi connectivity index (χ4n) is 1.98. The number of hydrogen-bond donors (Lipinski definition) is 0. The van der Waals surface area contributed by atoms with Gasteiger partial charge in [0.25, 0.3) is 0 Å². The van der Waals surface area contributed by atoms with Gasteiger partial charge in [0.2, 0.25) is 0 Å². The Kier molecular flexibility index (Phi) is 6.02. The Balaban J connectivity index is 4.73. The van der Waals surface area contributed by atoms with Crippen molar-refractivity contribution in [2.24, 2.45) is 11.3 Å². The van der Waals surface area contributed by atoms with Crippen LogP contribution >= 0.6 is 15.9 Å². The standard InChI is InChI=1S/C13H25BrO2/c1-7-10(9-12(3,4)14)13(5,6)11(15)16-8-2/h10H,7-9H2,1-6H3. The quantitative estimate of drug-likeness (QED) is 0.543. The van der Waals surface area contributed by atoms with Crippen LogP contribution in [-0.2, 0) is 9.53 Å². The molecule has 0 aromatic heterocycles. The number of carbonyl (C=O) groups excluding carboxylic acids is 1. The van der Waals surface area contributed by atoms with E-state index in [2.05, 4.69) is 36.7 Å². The molecule has 1 unspecified atom stereocenters. The summed E-state index contributed by atoms with van der Waals surface area (Å²) in [5, 5.41) is 0. The topological polar surface area (TPSA) is 26.3 Å². The highest BCUT2D eigenvalue weighted by Gasteiger charge is 2.39. The molecule has 0 bridgehead atoms. The van der Waals surface area contributed by atoms with E-state index in [1.54, 1.807) is 0 Å². The van der Waals surface area contributed by atoms with Crippen molar-refractivity contribution >= 4 is 21.9 Å². The van der Waals surface area contributed by atoms with Crippen LogP contribution < -0.4 is 0 Å². The molecule has 96 valence electrons. The molecule has 1 atom stereocenters. The number of esters is 1. The molecule has 0 aromatic carbocycles. The van der Waals surface area contributed by atoms with E-state index in [4.69, 9.17) is 4.74 Å². The Morgan fingerprint density at radius 2 is 1.75 bits per heavy atom. The molecule has 0 fully saturated rings. The average molecular weight is 293 g/mol. The number of alkyl halides is 1. The van der Waals surface area contributed by atoms with E-state index in [9.17, 15) is 4.79 Å². The van der Waals surface area contributed by atoms with E-state index in [0.717, 1.165) is 12.8 Å². The predicted molar refractivity (Wildman–Crippen MR) is 71.8 cm³/mol. The van der Waals surface area contributed by atoms with E-state index < -0.39 is 5.41 Å². The van der Waals surface area contributed by atoms with Crippen LogP contribution in [0.15, 0.2) is 0 Å². The van der Waals surface area contributed by atoms with E-state index in [1.807, 2.05) is 20.8 Å². The van der Waals surface area contributed by atoms with Crippen molar-refractivity contribution in [1.82, 2.24) is 0 Å². The van der Waals surface area contributed by atoms with Crippen molar-refractivity contribution in [2.45, 2.75) is 58.7 Å². The van der Waals surface area contributed by atoms with Crippen LogP contribution in [0.3, 0.4) is 0 Å². The molecule has 0 amide bonds. The van der Waals surface area contributed by atoms with E-state index in [1.165, 1.54) is 0 Å². The lowest BCUT2D eigenvalue weighted by Gasteiger charge is -2.35. The average Bonchev–Trinajstić information content (AvgIpc) is 2.12. The van der Waals surface area contributed by atoms with Crippen LogP contribution in [-0.4, -0.2) is 16.9 Å². The molecule has 0 spiro atoms. The van der Waals surface area contributed by atoms with Gasteiger partial charge in [0.15, 0.2) is 0 Å². The lowest BCUT2D eigenvalue weighted by atomic mass is 9.73. The van der Waals surface area contributed by atoms with Gasteiger partial charge in [0, 0.05) is 4.32 Å². The molecule has 0 saturated heterocycles. The maximum Gasteiger partial charge on any atom is 0.311 e. The Morgan fingerprint density at radius 1 is 1.25 bits per heavy atom. The fraction of sp³-hybridized carbons (Fsp3) is 0.923. The first-order chi connectivity index (χ1) is 7.15. The minimum atomic E-state index is -0.407. The molecule has 2 nitrogen and oxygen atoms in total. The highest BCUT2D eigenvalue weighted by Crippen LogP contribution is 2.39. The van der Waals surface area contributed by atoms with Crippen molar-refractivity contribution < 1.29 is 9.53 Å². The molecule has 0 radical (unpaired) electrons. The Hall–Kier alpha value is -0.0500. The SMILES string of the molecule is CCOC(=O)C(C)(C)C(CC)CC(C)(C)Br. The normalized spacial score (nSPS) is 14.7. The zero-order chi connectivity index (χ0) is 13.0. The van der Waals surface area contributed by atoms with Gasteiger partial charge >= 0.3 is 5.97 Å². The monoisotopic (exact) mass is 292 g/mol. The molecule has 0 N–H and O–H groups in total. The largest absolute Gasteiger partial charge is 0.466 e. The molecule has 0 aliphatic heterocycles. The summed E-state index contributed by atoms with van der Waals surface area (Å²) in [5.41, 5.74) is -0.407. The maximum absolute atomic E-state index is 11.9. The van der Waals surface area contributed by atoms with Gasteiger partial charge in [-0.15, -0.1) is 0 Å². The van der Waals surface area contributed by atoms with E-state index >= 15 is 0 Å². The van der Waals surface area contributed by atoms with Crippen LogP contribution in [0.2, 0.25) is 0 Å². The second-order valence-corrected chi connectivity index (χ2v) is 7.62. The van der Waals surface area contributed by atoms with Crippen molar-refractivity contribution in [3.63, 3.8) is 0 Å². The van der Waals surface area contributed by atoms with Gasteiger partial charge in [-0.05, 0) is 33.1 Å². The fourth-order valence-corrected chi connectivity index (χ4v) is 2.37. The van der Waals surface area contributed by atoms with Gasteiger partial charge < -0.3 is 4.74 Å². The number of hydrogen-bond acceptors (Lipinski definition) is 2. The molecule has 0 saturated carbocycles. The van der Waals surface area contributed by atoms with Gasteiger partial charge in [-0.2, -0.15) is 0 Å². The molecule has 16 heavy (non-hydrogen) atoms. The highest BCUT2D eigenvalue weighted by atomic mass is 79.9. The molecular formula is C13H25BrO2. The first kappa shape index (κ1) is 16.0. The molecule has 3 heteroatoms. The van der Waals surface area contributed by atoms with E-state index in [-0.39, 0.29) is 10.3 Å². The van der Waals surface area contributed by atoms with Gasteiger partial charge in [-0.1, -0.05) is 43.1 Å². The molecule has 0 heterocycles. The molecule has 0 aliphatic carbocycles. The zero-order valence-corrected chi connectivity index (χ0v) is 13.0. The summed E-state index contributed by atoms with van der Waals surface area (Å²) in [6.45, 7) is 12.7. The van der Waals surface area contributed by atoms with Crippen molar-refractivity contribution in [3.8, 4) is 0 Å². The van der Waals surface area contributed by atoms with E-state index in [0.29, 0.717) is 12.5 Å². The molecule has 0 rings (SSSR count). The van der Waals surface area contributed by atoms with Gasteiger partial charge in [-0.25, -0.2) is 0 Å². The summed E-state index contributed by atoms with van der Waals surface area (Å²) in [6.07, 6.45) is 1.95. The molecular weight excluding hydrogens is 268 g/mol. The summed E-state index contributed by atoms with van der Waals surface area (Å²) in [7, 11) is 0. The number of ether oxygens (including phenoxy) is 1. The summed E-state index contributed by atoms with van der Waals surface area (Å²) >= 11 is 3.65. The van der Waals surface area contributed by atoms with Crippen LogP contribution in [0.5, 0.6) is 0 Å².